The maximum atomic E-state index is 13.5. The highest BCUT2D eigenvalue weighted by Crippen LogP contribution is 2.23. The molecule has 0 aliphatic heterocycles. The monoisotopic (exact) mass is 342 g/mol. The first-order valence-electron chi connectivity index (χ1n) is 6.90. The van der Waals surface area contributed by atoms with Gasteiger partial charge in [0.2, 0.25) is 5.82 Å². The van der Waals surface area contributed by atoms with E-state index in [-0.39, 0.29) is 6.54 Å². The van der Waals surface area contributed by atoms with E-state index in [2.05, 4.69) is 10.5 Å². The van der Waals surface area contributed by atoms with Gasteiger partial charge in [-0.25, -0.2) is 22.0 Å². The normalized spacial score (nSPS) is 11.4. The van der Waals surface area contributed by atoms with Crippen molar-refractivity contribution >= 4 is 10.9 Å². The van der Waals surface area contributed by atoms with Crippen molar-refractivity contribution in [3.8, 4) is 0 Å². The van der Waals surface area contributed by atoms with Crippen molar-refractivity contribution in [2.75, 3.05) is 0 Å². The highest BCUT2D eigenvalue weighted by molar-refractivity contribution is 5.82. The number of hydrogen-bond donors (Lipinski definition) is 2. The minimum absolute atomic E-state index is 0.180. The predicted molar refractivity (Wildman–Crippen MR) is 76.2 cm³/mol. The lowest BCUT2D eigenvalue weighted by molar-refractivity contribution is 0.0198. The number of rotatable bonds is 5. The summed E-state index contributed by atoms with van der Waals surface area (Å²) in [6.07, 6.45) is 1.72. The first-order chi connectivity index (χ1) is 11.5. The van der Waals surface area contributed by atoms with E-state index in [1.165, 1.54) is 0 Å². The van der Waals surface area contributed by atoms with Gasteiger partial charge in [-0.05, 0) is 11.6 Å². The molecule has 0 radical (unpaired) electrons. The smallest absolute Gasteiger partial charge is 0.200 e. The van der Waals surface area contributed by atoms with Crippen molar-refractivity contribution in [2.24, 2.45) is 0 Å². The second-order valence-corrected chi connectivity index (χ2v) is 5.02. The molecule has 0 aliphatic rings. The number of halogens is 5. The van der Waals surface area contributed by atoms with Crippen LogP contribution in [0.1, 0.15) is 11.1 Å². The molecule has 0 bridgehead atoms. The Kier molecular flexibility index (Phi) is 4.50. The van der Waals surface area contributed by atoms with E-state index in [1.807, 2.05) is 24.3 Å². The molecule has 2 N–H and O–H groups in total. The Morgan fingerprint density at radius 1 is 0.875 bits per heavy atom. The van der Waals surface area contributed by atoms with Gasteiger partial charge in [-0.3, -0.25) is 4.84 Å². The average molecular weight is 342 g/mol. The fourth-order valence-corrected chi connectivity index (χ4v) is 2.31. The highest BCUT2D eigenvalue weighted by atomic mass is 19.2. The molecule has 0 saturated carbocycles. The number of para-hydroxylation sites is 1. The van der Waals surface area contributed by atoms with Crippen molar-refractivity contribution in [1.29, 1.82) is 0 Å². The zero-order chi connectivity index (χ0) is 17.3. The van der Waals surface area contributed by atoms with Crippen LogP contribution in [0.25, 0.3) is 10.9 Å². The molecule has 24 heavy (non-hydrogen) atoms. The summed E-state index contributed by atoms with van der Waals surface area (Å²) in [6, 6.07) is 7.44. The number of hydroxylamine groups is 1. The Morgan fingerprint density at radius 2 is 1.50 bits per heavy atom. The number of aromatic amines is 1. The molecule has 0 amide bonds. The van der Waals surface area contributed by atoms with Crippen LogP contribution in [0.2, 0.25) is 0 Å². The molecular formula is C16H11F5N2O. The molecule has 3 rings (SSSR count). The van der Waals surface area contributed by atoms with Gasteiger partial charge in [0.25, 0.3) is 0 Å². The van der Waals surface area contributed by atoms with Crippen LogP contribution in [0, 0.1) is 29.1 Å². The second kappa shape index (κ2) is 6.58. The van der Waals surface area contributed by atoms with E-state index in [9.17, 15) is 22.0 Å². The van der Waals surface area contributed by atoms with Crippen molar-refractivity contribution < 1.29 is 26.8 Å². The predicted octanol–water partition coefficient (Wildman–Crippen LogP) is 4.08. The Balaban J connectivity index is 1.67. The third-order valence-corrected chi connectivity index (χ3v) is 3.56. The summed E-state index contributed by atoms with van der Waals surface area (Å²) in [6.45, 7) is -0.631. The molecule has 1 aromatic heterocycles. The van der Waals surface area contributed by atoms with Gasteiger partial charge in [-0.15, -0.1) is 0 Å². The average Bonchev–Trinajstić information content (AvgIpc) is 3.01. The van der Waals surface area contributed by atoms with E-state index in [0.717, 1.165) is 16.5 Å². The standard InChI is InChI=1S/C16H11F5N2O/c17-12-10(13(18)15(20)16(21)14(12)19)7-24-23-6-8-5-22-11-4-2-1-3-9(8)11/h1-5,22-23H,6-7H2. The molecule has 0 saturated heterocycles. The summed E-state index contributed by atoms with van der Waals surface area (Å²) in [7, 11) is 0. The fraction of sp³-hybridized carbons (Fsp3) is 0.125. The lowest BCUT2D eigenvalue weighted by Gasteiger charge is -2.09. The van der Waals surface area contributed by atoms with Crippen LogP contribution < -0.4 is 5.48 Å². The highest BCUT2D eigenvalue weighted by Gasteiger charge is 2.25. The van der Waals surface area contributed by atoms with Crippen LogP contribution in [-0.4, -0.2) is 4.98 Å². The van der Waals surface area contributed by atoms with Crippen LogP contribution >= 0.6 is 0 Å². The summed E-state index contributed by atoms with van der Waals surface area (Å²) in [5, 5.41) is 0.921. The zero-order valence-corrected chi connectivity index (χ0v) is 12.1. The molecule has 1 heterocycles. The lowest BCUT2D eigenvalue weighted by Crippen LogP contribution is -2.16. The lowest BCUT2D eigenvalue weighted by atomic mass is 10.2. The third kappa shape index (κ3) is 2.85. The van der Waals surface area contributed by atoms with Gasteiger partial charge < -0.3 is 4.98 Å². The maximum Gasteiger partial charge on any atom is 0.200 e. The Bertz CT molecular complexity index is 865. The van der Waals surface area contributed by atoms with Gasteiger partial charge in [-0.1, -0.05) is 18.2 Å². The zero-order valence-electron chi connectivity index (χ0n) is 12.1. The molecule has 0 unspecified atom stereocenters. The van der Waals surface area contributed by atoms with Gasteiger partial charge >= 0.3 is 0 Å². The van der Waals surface area contributed by atoms with Gasteiger partial charge in [0.15, 0.2) is 23.3 Å². The minimum Gasteiger partial charge on any atom is -0.361 e. The Labute approximate surface area is 133 Å². The number of hydrogen-bond acceptors (Lipinski definition) is 2. The van der Waals surface area contributed by atoms with Crippen LogP contribution in [0.5, 0.6) is 0 Å². The first-order valence-corrected chi connectivity index (χ1v) is 6.90. The van der Waals surface area contributed by atoms with E-state index in [4.69, 9.17) is 4.84 Å². The molecule has 0 aliphatic carbocycles. The fourth-order valence-electron chi connectivity index (χ4n) is 2.31. The number of aromatic nitrogens is 1. The number of nitrogens with one attached hydrogen (secondary N) is 2. The van der Waals surface area contributed by atoms with Gasteiger partial charge in [-0.2, -0.15) is 5.48 Å². The van der Waals surface area contributed by atoms with Crippen LogP contribution in [0.4, 0.5) is 22.0 Å². The largest absolute Gasteiger partial charge is 0.361 e. The van der Waals surface area contributed by atoms with E-state index >= 15 is 0 Å². The second-order valence-electron chi connectivity index (χ2n) is 5.02. The molecule has 0 fully saturated rings. The SMILES string of the molecule is Fc1c(F)c(F)c(CONCc2c[nH]c3ccccc23)c(F)c1F. The number of H-pyrrole nitrogens is 1. The summed E-state index contributed by atoms with van der Waals surface area (Å²) in [5.74, 6) is -9.99. The Morgan fingerprint density at radius 3 is 2.21 bits per heavy atom. The van der Waals surface area contributed by atoms with E-state index in [0.29, 0.717) is 0 Å². The van der Waals surface area contributed by atoms with Crippen LogP contribution in [0.15, 0.2) is 30.5 Å². The molecule has 126 valence electrons. The van der Waals surface area contributed by atoms with E-state index in [1.54, 1.807) is 6.20 Å². The summed E-state index contributed by atoms with van der Waals surface area (Å²) < 4.78 is 66.0. The minimum atomic E-state index is -2.19. The molecule has 0 atom stereocenters. The van der Waals surface area contributed by atoms with Gasteiger partial charge in [0.05, 0.1) is 12.2 Å². The number of fused-ring (bicyclic) bond motifs is 1. The molecule has 8 heteroatoms. The molecule has 0 spiro atoms. The summed E-state index contributed by atoms with van der Waals surface area (Å²) >= 11 is 0. The molecular weight excluding hydrogens is 331 g/mol. The van der Waals surface area contributed by atoms with Crippen molar-refractivity contribution in [3.05, 3.63) is 70.7 Å². The van der Waals surface area contributed by atoms with Crippen LogP contribution in [-0.2, 0) is 18.0 Å². The van der Waals surface area contributed by atoms with Gasteiger partial charge in [0.1, 0.15) is 0 Å². The third-order valence-electron chi connectivity index (χ3n) is 3.56. The van der Waals surface area contributed by atoms with Crippen molar-refractivity contribution in [3.63, 3.8) is 0 Å². The van der Waals surface area contributed by atoms with Crippen LogP contribution in [0.3, 0.4) is 0 Å². The Hall–Kier alpha value is -2.45. The van der Waals surface area contributed by atoms with Gasteiger partial charge in [0, 0.05) is 23.6 Å². The molecule has 3 nitrogen and oxygen atoms in total. The van der Waals surface area contributed by atoms with E-state index < -0.39 is 41.3 Å². The maximum absolute atomic E-state index is 13.5. The van der Waals surface area contributed by atoms with Crippen molar-refractivity contribution in [1.82, 2.24) is 10.5 Å². The molecule has 3 aromatic rings. The first kappa shape index (κ1) is 16.4. The summed E-state index contributed by atoms with van der Waals surface area (Å²) in [4.78, 5) is 7.88. The molecule has 2 aromatic carbocycles. The summed E-state index contributed by atoms with van der Waals surface area (Å²) in [5.41, 5.74) is 3.13. The number of benzene rings is 2. The van der Waals surface area contributed by atoms with Crippen molar-refractivity contribution in [2.45, 2.75) is 13.2 Å². The quantitative estimate of drug-likeness (QED) is 0.241. The topological polar surface area (TPSA) is 37.0 Å².